The summed E-state index contributed by atoms with van der Waals surface area (Å²) < 4.78 is 12.3. The van der Waals surface area contributed by atoms with Crippen molar-refractivity contribution in [2.24, 2.45) is 0 Å². The van der Waals surface area contributed by atoms with Gasteiger partial charge in [-0.1, -0.05) is 11.8 Å². The van der Waals surface area contributed by atoms with Crippen molar-refractivity contribution in [3.05, 3.63) is 0 Å². The molecule has 0 bridgehead atoms. The third-order valence-electron chi connectivity index (χ3n) is 1.56. The maximum atomic E-state index is 5.17. The summed E-state index contributed by atoms with van der Waals surface area (Å²) in [5.41, 5.74) is -2.08. The van der Waals surface area contributed by atoms with Crippen LogP contribution in [0.3, 0.4) is 0 Å². The van der Waals surface area contributed by atoms with Gasteiger partial charge in [0.1, 0.15) is 0 Å². The molecule has 66 valence electrons. The molecule has 11 heavy (non-hydrogen) atoms. The van der Waals surface area contributed by atoms with Crippen LogP contribution in [0, 0.1) is 0 Å². The highest BCUT2D eigenvalue weighted by molar-refractivity contribution is 8.52. The highest BCUT2D eigenvalue weighted by Gasteiger charge is 2.15. The maximum absolute atomic E-state index is 5.17. The van der Waals surface area contributed by atoms with E-state index in [1.807, 2.05) is 4.67 Å². The Morgan fingerprint density at radius 3 is 2.55 bits per heavy atom. The summed E-state index contributed by atoms with van der Waals surface area (Å²) in [6, 6.07) is 0. The molecule has 1 fully saturated rings. The van der Waals surface area contributed by atoms with Crippen LogP contribution in [0.2, 0.25) is 0 Å². The molecule has 1 saturated heterocycles. The molecular formula is C5H11NO2PS2-. The molecule has 0 saturated carbocycles. The zero-order valence-electron chi connectivity index (χ0n) is 6.36. The van der Waals surface area contributed by atoms with Gasteiger partial charge in [0.25, 0.3) is 0 Å². The molecule has 0 aromatic carbocycles. The van der Waals surface area contributed by atoms with Gasteiger partial charge in [-0.25, -0.2) is 0 Å². The van der Waals surface area contributed by atoms with Crippen LogP contribution in [0.15, 0.2) is 0 Å². The van der Waals surface area contributed by atoms with Crippen LogP contribution in [-0.4, -0.2) is 38.1 Å². The number of ether oxygens (including phenoxy) is 1. The van der Waals surface area contributed by atoms with Gasteiger partial charge in [0.15, 0.2) is 0 Å². The Labute approximate surface area is 77.3 Å². The van der Waals surface area contributed by atoms with Gasteiger partial charge >= 0.3 is 0 Å². The van der Waals surface area contributed by atoms with Gasteiger partial charge in [0.05, 0.1) is 13.2 Å². The Morgan fingerprint density at radius 2 is 2.09 bits per heavy atom. The Morgan fingerprint density at radius 1 is 1.55 bits per heavy atom. The first-order chi connectivity index (χ1) is 5.17. The molecule has 3 nitrogen and oxygen atoms in total. The van der Waals surface area contributed by atoms with E-state index in [9.17, 15) is 0 Å². The minimum atomic E-state index is -2.08. The highest BCUT2D eigenvalue weighted by atomic mass is 32.9. The van der Waals surface area contributed by atoms with Crippen LogP contribution in [0.1, 0.15) is 0 Å². The number of hydrogen-bond donors (Lipinski definition) is 0. The van der Waals surface area contributed by atoms with Crippen LogP contribution in [0.4, 0.5) is 0 Å². The van der Waals surface area contributed by atoms with E-state index >= 15 is 0 Å². The van der Waals surface area contributed by atoms with E-state index in [1.165, 1.54) is 0 Å². The second-order valence-electron chi connectivity index (χ2n) is 2.22. The Kier molecular flexibility index (Phi) is 3.81. The molecule has 0 aromatic rings. The molecule has 6 heteroatoms. The van der Waals surface area contributed by atoms with Crippen molar-refractivity contribution in [2.45, 2.75) is 0 Å². The largest absolute Gasteiger partial charge is 0.704 e. The molecule has 1 aliphatic rings. The van der Waals surface area contributed by atoms with E-state index in [-0.39, 0.29) is 0 Å². The maximum Gasteiger partial charge on any atom is 0.0597 e. The van der Waals surface area contributed by atoms with Crippen molar-refractivity contribution in [3.63, 3.8) is 0 Å². The molecule has 0 N–H and O–H groups in total. The van der Waals surface area contributed by atoms with E-state index < -0.39 is 5.62 Å². The van der Waals surface area contributed by atoms with Gasteiger partial charge in [-0.2, -0.15) is 0 Å². The lowest BCUT2D eigenvalue weighted by molar-refractivity contribution is 0.0718. The van der Waals surface area contributed by atoms with Crippen LogP contribution < -0.4 is 0 Å². The van der Waals surface area contributed by atoms with Crippen molar-refractivity contribution in [1.29, 1.82) is 0 Å². The van der Waals surface area contributed by atoms with Gasteiger partial charge in [-0.3, -0.25) is 4.67 Å². The molecule has 0 aliphatic carbocycles. The summed E-state index contributed by atoms with van der Waals surface area (Å²) in [6.07, 6.45) is 0. The molecule has 1 unspecified atom stereocenters. The number of morpholine rings is 1. The SMILES string of the molecule is COP(=S)([S-])N1CCOCC1. The highest BCUT2D eigenvalue weighted by Crippen LogP contribution is 2.47. The molecule has 0 aromatic heterocycles. The van der Waals surface area contributed by atoms with Gasteiger partial charge in [0.2, 0.25) is 0 Å². The predicted molar refractivity (Wildman–Crippen MR) is 51.1 cm³/mol. The van der Waals surface area contributed by atoms with Crippen molar-refractivity contribution >= 4 is 29.7 Å². The predicted octanol–water partition coefficient (Wildman–Crippen LogP) is 0.736. The average Bonchev–Trinajstić information content (AvgIpc) is 2.06. The lowest BCUT2D eigenvalue weighted by Gasteiger charge is -2.41. The fourth-order valence-corrected chi connectivity index (χ4v) is 2.78. The standard InChI is InChI=1S/C5H12NO2PS2/c1-7-9(10,11)6-2-4-8-5-3-6/h2-5H2,1H3,(H,10,11)/p-1. The molecular weight excluding hydrogens is 201 g/mol. The molecule has 1 aliphatic heterocycles. The summed E-state index contributed by atoms with van der Waals surface area (Å²) >= 11 is 10.3. The molecule has 1 heterocycles. The quantitative estimate of drug-likeness (QED) is 0.496. The Bertz CT molecular complexity index is 172. The minimum absolute atomic E-state index is 0.721. The van der Waals surface area contributed by atoms with E-state index in [1.54, 1.807) is 7.11 Å². The summed E-state index contributed by atoms with van der Waals surface area (Å²) in [6.45, 7) is 3.07. The summed E-state index contributed by atoms with van der Waals surface area (Å²) in [4.78, 5) is 0. The van der Waals surface area contributed by atoms with E-state index in [0.717, 1.165) is 26.3 Å². The topological polar surface area (TPSA) is 21.7 Å². The van der Waals surface area contributed by atoms with Gasteiger partial charge in [-0.15, -0.1) is 0 Å². The van der Waals surface area contributed by atoms with Crippen molar-refractivity contribution in [3.8, 4) is 0 Å². The van der Waals surface area contributed by atoms with Crippen molar-refractivity contribution < 1.29 is 9.26 Å². The Balaban J connectivity index is 2.51. The minimum Gasteiger partial charge on any atom is -0.704 e. The first-order valence-corrected chi connectivity index (χ1v) is 7.05. The third-order valence-corrected chi connectivity index (χ3v) is 5.40. The average molecular weight is 212 g/mol. The normalized spacial score (nSPS) is 26.4. The van der Waals surface area contributed by atoms with Crippen LogP contribution in [0.5, 0.6) is 0 Å². The fourth-order valence-electron chi connectivity index (χ4n) is 0.914. The van der Waals surface area contributed by atoms with E-state index in [2.05, 4.69) is 0 Å². The van der Waals surface area contributed by atoms with Crippen molar-refractivity contribution in [1.82, 2.24) is 4.67 Å². The van der Waals surface area contributed by atoms with Crippen LogP contribution in [-0.2, 0) is 33.3 Å². The van der Waals surface area contributed by atoms with E-state index in [4.69, 9.17) is 33.3 Å². The first kappa shape index (κ1) is 9.96. The smallest absolute Gasteiger partial charge is 0.0597 e. The summed E-state index contributed by atoms with van der Waals surface area (Å²) in [5.74, 6) is 0. The van der Waals surface area contributed by atoms with E-state index in [0.29, 0.717) is 0 Å². The molecule has 0 radical (unpaired) electrons. The van der Waals surface area contributed by atoms with Gasteiger partial charge in [0, 0.05) is 25.8 Å². The third kappa shape index (κ3) is 2.68. The van der Waals surface area contributed by atoms with Crippen LogP contribution in [0.25, 0.3) is 0 Å². The monoisotopic (exact) mass is 212 g/mol. The number of rotatable bonds is 2. The number of hydrogen-bond acceptors (Lipinski definition) is 4. The number of nitrogens with zero attached hydrogens (tertiary/aromatic N) is 1. The van der Waals surface area contributed by atoms with Gasteiger partial charge in [-0.05, 0) is 0 Å². The van der Waals surface area contributed by atoms with Crippen molar-refractivity contribution in [2.75, 3.05) is 33.4 Å². The van der Waals surface area contributed by atoms with Crippen LogP contribution >= 0.6 is 5.62 Å². The zero-order valence-corrected chi connectivity index (χ0v) is 8.88. The summed E-state index contributed by atoms with van der Waals surface area (Å²) in [7, 11) is 1.59. The molecule has 0 spiro atoms. The lowest BCUT2D eigenvalue weighted by Crippen LogP contribution is -2.33. The second kappa shape index (κ2) is 4.21. The second-order valence-corrected chi connectivity index (χ2v) is 7.75. The molecule has 1 rings (SSSR count). The molecule has 1 atom stereocenters. The summed E-state index contributed by atoms with van der Waals surface area (Å²) in [5, 5.41) is 0. The Hall–Kier alpha value is 0.880. The lowest BCUT2D eigenvalue weighted by atomic mass is 10.5. The van der Waals surface area contributed by atoms with Gasteiger partial charge < -0.3 is 21.5 Å². The molecule has 0 amide bonds. The fraction of sp³-hybridized carbons (Fsp3) is 1.00. The zero-order chi connectivity index (χ0) is 8.32. The first-order valence-electron chi connectivity index (χ1n) is 3.37.